The molecule has 3 rings (SSSR count). The molecule has 2 saturated carbocycles. The molecule has 0 aromatic heterocycles. The van der Waals surface area contributed by atoms with Crippen LogP contribution in [0.4, 0.5) is 0 Å². The summed E-state index contributed by atoms with van der Waals surface area (Å²) in [6.07, 6.45) is 5.34. The first-order valence-electron chi connectivity index (χ1n) is 7.16. The number of benzene rings is 1. The first kappa shape index (κ1) is 12.0. The maximum atomic E-state index is 5.36. The predicted octanol–water partition coefficient (Wildman–Crippen LogP) is 3.11. The molecule has 2 heteroatoms. The third-order valence-corrected chi connectivity index (χ3v) is 4.65. The highest BCUT2D eigenvalue weighted by Gasteiger charge is 2.54. The smallest absolute Gasteiger partial charge is 0.119 e. The van der Waals surface area contributed by atoms with Gasteiger partial charge in [0.1, 0.15) is 5.75 Å². The van der Waals surface area contributed by atoms with Crippen LogP contribution in [0.5, 0.6) is 5.75 Å². The third-order valence-electron chi connectivity index (χ3n) is 4.65. The van der Waals surface area contributed by atoms with Gasteiger partial charge in [0.15, 0.2) is 0 Å². The van der Waals surface area contributed by atoms with Crippen molar-refractivity contribution >= 4 is 0 Å². The Morgan fingerprint density at radius 2 is 2.22 bits per heavy atom. The molecule has 0 aliphatic heterocycles. The Bertz CT molecular complexity index is 427. The van der Waals surface area contributed by atoms with Gasteiger partial charge >= 0.3 is 0 Å². The second-order valence-electron chi connectivity index (χ2n) is 5.85. The van der Waals surface area contributed by atoms with Crippen molar-refractivity contribution in [1.82, 2.24) is 5.32 Å². The summed E-state index contributed by atoms with van der Waals surface area (Å²) < 4.78 is 5.36. The minimum Gasteiger partial charge on any atom is -0.497 e. The molecule has 0 bridgehead atoms. The largest absolute Gasteiger partial charge is 0.497 e. The monoisotopic (exact) mass is 245 g/mol. The summed E-state index contributed by atoms with van der Waals surface area (Å²) in [5, 5.41) is 3.72. The fourth-order valence-electron chi connectivity index (χ4n) is 3.13. The molecule has 0 amide bonds. The van der Waals surface area contributed by atoms with Crippen molar-refractivity contribution in [1.29, 1.82) is 0 Å². The van der Waals surface area contributed by atoms with Gasteiger partial charge in [-0.3, -0.25) is 0 Å². The Labute approximate surface area is 110 Å². The van der Waals surface area contributed by atoms with Gasteiger partial charge in [-0.2, -0.15) is 0 Å². The minimum atomic E-state index is 0.381. The van der Waals surface area contributed by atoms with E-state index in [-0.39, 0.29) is 0 Å². The Balaban J connectivity index is 1.79. The highest BCUT2D eigenvalue weighted by Crippen LogP contribution is 2.56. The van der Waals surface area contributed by atoms with Crippen molar-refractivity contribution in [3.05, 3.63) is 29.8 Å². The van der Waals surface area contributed by atoms with Gasteiger partial charge < -0.3 is 10.1 Å². The topological polar surface area (TPSA) is 21.3 Å². The summed E-state index contributed by atoms with van der Waals surface area (Å²) in [4.78, 5) is 0. The Morgan fingerprint density at radius 3 is 2.83 bits per heavy atom. The van der Waals surface area contributed by atoms with Crippen molar-refractivity contribution in [2.45, 2.75) is 44.1 Å². The van der Waals surface area contributed by atoms with Crippen LogP contribution in [-0.2, 0) is 5.41 Å². The molecule has 2 aliphatic carbocycles. The molecule has 1 aromatic carbocycles. The van der Waals surface area contributed by atoms with Crippen LogP contribution in [0, 0.1) is 5.92 Å². The van der Waals surface area contributed by atoms with Crippen LogP contribution in [0.1, 0.15) is 38.2 Å². The van der Waals surface area contributed by atoms with E-state index in [9.17, 15) is 0 Å². The van der Waals surface area contributed by atoms with Gasteiger partial charge in [-0.1, -0.05) is 25.5 Å². The van der Waals surface area contributed by atoms with Crippen molar-refractivity contribution < 1.29 is 4.74 Å². The van der Waals surface area contributed by atoms with Crippen molar-refractivity contribution in [3.8, 4) is 5.75 Å². The Kier molecular flexibility index (Phi) is 3.06. The second kappa shape index (κ2) is 4.58. The van der Waals surface area contributed by atoms with Gasteiger partial charge in [-0.05, 0) is 42.9 Å². The number of hydrogen-bond donors (Lipinski definition) is 1. The van der Waals surface area contributed by atoms with E-state index in [0.717, 1.165) is 24.3 Å². The van der Waals surface area contributed by atoms with Gasteiger partial charge in [0.2, 0.25) is 0 Å². The molecule has 0 saturated heterocycles. The van der Waals surface area contributed by atoms with E-state index in [1.54, 1.807) is 7.11 Å². The highest BCUT2D eigenvalue weighted by molar-refractivity contribution is 5.39. The zero-order chi connectivity index (χ0) is 12.6. The molecule has 0 spiro atoms. The summed E-state index contributed by atoms with van der Waals surface area (Å²) >= 11 is 0. The van der Waals surface area contributed by atoms with Crippen LogP contribution < -0.4 is 10.1 Å². The molecule has 0 radical (unpaired) electrons. The molecule has 1 aromatic rings. The first-order chi connectivity index (χ1) is 8.78. The normalized spacial score (nSPS) is 30.2. The summed E-state index contributed by atoms with van der Waals surface area (Å²) in [5.41, 5.74) is 1.84. The highest BCUT2D eigenvalue weighted by atomic mass is 16.5. The Morgan fingerprint density at radius 1 is 1.39 bits per heavy atom. The first-order valence-corrected chi connectivity index (χ1v) is 7.16. The fourth-order valence-corrected chi connectivity index (χ4v) is 3.13. The molecule has 2 atom stereocenters. The molecular formula is C16H23NO. The number of hydrogen-bond acceptors (Lipinski definition) is 2. The number of nitrogens with one attached hydrogen (secondary N) is 1. The maximum Gasteiger partial charge on any atom is 0.119 e. The van der Waals surface area contributed by atoms with Gasteiger partial charge in [0.25, 0.3) is 0 Å². The van der Waals surface area contributed by atoms with Crippen LogP contribution in [-0.4, -0.2) is 19.7 Å². The number of methoxy groups -OCH3 is 1. The quantitative estimate of drug-likeness (QED) is 0.831. The lowest BCUT2D eigenvalue weighted by Crippen LogP contribution is -2.30. The zero-order valence-electron chi connectivity index (χ0n) is 11.4. The summed E-state index contributed by atoms with van der Waals surface area (Å²) in [6.45, 7) is 3.45. The molecular weight excluding hydrogens is 222 g/mol. The van der Waals surface area contributed by atoms with Crippen LogP contribution in [0.25, 0.3) is 0 Å². The summed E-state index contributed by atoms with van der Waals surface area (Å²) in [7, 11) is 1.75. The fraction of sp³-hybridized carbons (Fsp3) is 0.625. The number of rotatable bonds is 6. The van der Waals surface area contributed by atoms with E-state index in [2.05, 4.69) is 30.4 Å². The van der Waals surface area contributed by atoms with E-state index in [1.165, 1.54) is 31.2 Å². The summed E-state index contributed by atoms with van der Waals surface area (Å²) in [6, 6.07) is 9.45. The molecule has 2 nitrogen and oxygen atoms in total. The Hall–Kier alpha value is -1.02. The van der Waals surface area contributed by atoms with Gasteiger partial charge in [-0.15, -0.1) is 0 Å². The van der Waals surface area contributed by atoms with E-state index < -0.39 is 0 Å². The van der Waals surface area contributed by atoms with Crippen molar-refractivity contribution in [3.63, 3.8) is 0 Å². The van der Waals surface area contributed by atoms with Crippen molar-refractivity contribution in [2.75, 3.05) is 13.7 Å². The zero-order valence-corrected chi connectivity index (χ0v) is 11.4. The maximum absolute atomic E-state index is 5.36. The molecule has 2 unspecified atom stereocenters. The van der Waals surface area contributed by atoms with Crippen LogP contribution in [0.2, 0.25) is 0 Å². The van der Waals surface area contributed by atoms with Crippen LogP contribution in [0.15, 0.2) is 24.3 Å². The molecule has 2 aliphatic rings. The third kappa shape index (κ3) is 2.14. The second-order valence-corrected chi connectivity index (χ2v) is 5.85. The van der Waals surface area contributed by atoms with E-state index in [0.29, 0.717) is 5.41 Å². The molecule has 0 heterocycles. The minimum absolute atomic E-state index is 0.381. The lowest BCUT2D eigenvalue weighted by Gasteiger charge is -2.19. The number of ether oxygens (including phenoxy) is 1. The van der Waals surface area contributed by atoms with Gasteiger partial charge in [0, 0.05) is 18.0 Å². The van der Waals surface area contributed by atoms with Gasteiger partial charge in [0.05, 0.1) is 7.11 Å². The van der Waals surface area contributed by atoms with Crippen molar-refractivity contribution in [2.24, 2.45) is 5.92 Å². The van der Waals surface area contributed by atoms with Crippen LogP contribution >= 0.6 is 0 Å². The predicted molar refractivity (Wildman–Crippen MR) is 74.1 cm³/mol. The molecule has 98 valence electrons. The average Bonchev–Trinajstić information content (AvgIpc) is 3.30. The lowest BCUT2D eigenvalue weighted by atomic mass is 9.92. The molecule has 1 N–H and O–H groups in total. The average molecular weight is 245 g/mol. The molecule has 2 fully saturated rings. The molecule has 18 heavy (non-hydrogen) atoms. The lowest BCUT2D eigenvalue weighted by molar-refractivity contribution is 0.412. The summed E-state index contributed by atoms with van der Waals surface area (Å²) in [5.74, 6) is 1.83. The standard InChI is InChI=1S/C16H23NO/c1-3-12-10-16(12,11-17-14-7-8-14)13-5-4-6-15(9-13)18-2/h4-6,9,12,14,17H,3,7-8,10-11H2,1-2H3. The van der Waals surface area contributed by atoms with Gasteiger partial charge in [-0.25, -0.2) is 0 Å². The SMILES string of the molecule is CCC1CC1(CNC1CC1)c1cccc(OC)c1. The van der Waals surface area contributed by atoms with E-state index in [4.69, 9.17) is 4.74 Å². The van der Waals surface area contributed by atoms with Crippen LogP contribution in [0.3, 0.4) is 0 Å². The van der Waals surface area contributed by atoms with E-state index in [1.807, 2.05) is 6.07 Å². The van der Waals surface area contributed by atoms with E-state index >= 15 is 0 Å².